The van der Waals surface area contributed by atoms with Gasteiger partial charge in [0.15, 0.2) is 0 Å². The van der Waals surface area contributed by atoms with E-state index in [2.05, 4.69) is 21.3 Å². The molecule has 0 aromatic carbocycles. The maximum Gasteiger partial charge on any atom is 0.268 e. The van der Waals surface area contributed by atoms with Gasteiger partial charge in [-0.15, -0.1) is 11.3 Å². The highest BCUT2D eigenvalue weighted by molar-refractivity contribution is 7.10. The van der Waals surface area contributed by atoms with Crippen molar-refractivity contribution in [1.29, 1.82) is 0 Å². The number of amides is 1. The normalized spacial score (nSPS) is 17.6. The second-order valence-corrected chi connectivity index (χ2v) is 6.47. The Morgan fingerprint density at radius 2 is 2.19 bits per heavy atom. The van der Waals surface area contributed by atoms with Gasteiger partial charge in [0.1, 0.15) is 5.69 Å². The van der Waals surface area contributed by atoms with E-state index >= 15 is 0 Å². The molecule has 5 heteroatoms. The smallest absolute Gasteiger partial charge is 0.268 e. The maximum absolute atomic E-state index is 12.5. The van der Waals surface area contributed by atoms with Crippen molar-refractivity contribution in [3.63, 3.8) is 0 Å². The largest absolute Gasteiger partial charge is 0.343 e. The Kier molecular flexibility index (Phi) is 4.41. The summed E-state index contributed by atoms with van der Waals surface area (Å²) in [4.78, 5) is 13.7. The first-order valence-corrected chi connectivity index (χ1v) is 8.35. The van der Waals surface area contributed by atoms with Crippen LogP contribution in [0.5, 0.6) is 0 Å². The summed E-state index contributed by atoms with van der Waals surface area (Å²) in [7, 11) is 0. The zero-order valence-corrected chi connectivity index (χ0v) is 13.0. The second kappa shape index (κ2) is 6.45. The van der Waals surface area contributed by atoms with E-state index in [0.717, 1.165) is 31.6 Å². The number of nitrogens with zero attached hydrogens (tertiary/aromatic N) is 1. The molecule has 1 amide bonds. The molecule has 0 radical (unpaired) electrons. The van der Waals surface area contributed by atoms with E-state index < -0.39 is 0 Å². The summed E-state index contributed by atoms with van der Waals surface area (Å²) in [5.74, 6) is 0.0134. The quantitative estimate of drug-likeness (QED) is 0.912. The summed E-state index contributed by atoms with van der Waals surface area (Å²) in [6, 6.07) is 8.43. The van der Waals surface area contributed by atoms with E-state index in [9.17, 15) is 4.79 Å². The Morgan fingerprint density at radius 3 is 2.90 bits per heavy atom. The van der Waals surface area contributed by atoms with Gasteiger partial charge in [-0.25, -0.2) is 0 Å². The molecule has 21 heavy (non-hydrogen) atoms. The van der Waals surface area contributed by atoms with E-state index in [4.69, 9.17) is 0 Å². The van der Waals surface area contributed by atoms with E-state index in [1.54, 1.807) is 11.3 Å². The number of thiophene rings is 1. The van der Waals surface area contributed by atoms with Gasteiger partial charge in [-0.2, -0.15) is 0 Å². The summed E-state index contributed by atoms with van der Waals surface area (Å²) in [6.07, 6.45) is 4.19. The lowest BCUT2D eigenvalue weighted by Gasteiger charge is -2.26. The van der Waals surface area contributed by atoms with Crippen molar-refractivity contribution >= 4 is 17.2 Å². The van der Waals surface area contributed by atoms with Crippen LogP contribution in [0.25, 0.3) is 0 Å². The topological polar surface area (TPSA) is 46.1 Å². The minimum absolute atomic E-state index is 0.0134. The lowest BCUT2D eigenvalue weighted by atomic mass is 10.1. The molecule has 1 fully saturated rings. The van der Waals surface area contributed by atoms with Gasteiger partial charge in [-0.1, -0.05) is 6.07 Å². The molecule has 2 N–H and O–H groups in total. The van der Waals surface area contributed by atoms with Crippen LogP contribution in [0.15, 0.2) is 35.8 Å². The fourth-order valence-electron chi connectivity index (χ4n) is 2.87. The number of nitrogens with one attached hydrogen (secondary N) is 2. The third-order valence-corrected chi connectivity index (χ3v) is 5.09. The summed E-state index contributed by atoms with van der Waals surface area (Å²) in [5.41, 5.74) is 0.769. The van der Waals surface area contributed by atoms with E-state index in [1.807, 2.05) is 36.7 Å². The fourth-order valence-corrected chi connectivity index (χ4v) is 3.60. The summed E-state index contributed by atoms with van der Waals surface area (Å²) >= 11 is 1.67. The minimum atomic E-state index is 0.0134. The monoisotopic (exact) mass is 303 g/mol. The van der Waals surface area contributed by atoms with Crippen LogP contribution in [-0.4, -0.2) is 23.6 Å². The molecule has 2 aromatic rings. The van der Waals surface area contributed by atoms with Gasteiger partial charge in [0.05, 0.1) is 6.04 Å². The van der Waals surface area contributed by atoms with Crippen LogP contribution >= 0.6 is 11.3 Å². The van der Waals surface area contributed by atoms with Crippen LogP contribution in [0, 0.1) is 0 Å². The van der Waals surface area contributed by atoms with Crippen molar-refractivity contribution in [2.75, 3.05) is 13.1 Å². The van der Waals surface area contributed by atoms with Gasteiger partial charge < -0.3 is 15.2 Å². The predicted octanol–water partition coefficient (Wildman–Crippen LogP) is 2.97. The Morgan fingerprint density at radius 1 is 1.38 bits per heavy atom. The standard InChI is InChI=1S/C16H21N3OS/c1-12(15-5-3-11-21-15)18-16(20)14-4-2-10-19(14)13-6-8-17-9-7-13/h2-5,10-13,17H,6-9H2,1H3,(H,18,20)/t12-/m1/s1. The number of rotatable bonds is 4. The molecule has 0 saturated carbocycles. The number of aromatic nitrogens is 1. The van der Waals surface area contributed by atoms with E-state index in [0.29, 0.717) is 6.04 Å². The van der Waals surface area contributed by atoms with Crippen LogP contribution in [0.4, 0.5) is 0 Å². The van der Waals surface area contributed by atoms with Crippen molar-refractivity contribution in [3.8, 4) is 0 Å². The first-order valence-electron chi connectivity index (χ1n) is 7.47. The second-order valence-electron chi connectivity index (χ2n) is 5.49. The van der Waals surface area contributed by atoms with Crippen molar-refractivity contribution < 1.29 is 4.79 Å². The number of carbonyl (C=O) groups excluding carboxylic acids is 1. The molecule has 1 atom stereocenters. The molecule has 4 nitrogen and oxygen atoms in total. The molecule has 0 aliphatic carbocycles. The van der Waals surface area contributed by atoms with Gasteiger partial charge in [0, 0.05) is 17.1 Å². The molecule has 112 valence electrons. The number of hydrogen-bond donors (Lipinski definition) is 2. The average Bonchev–Trinajstić information content (AvgIpc) is 3.19. The summed E-state index contributed by atoms with van der Waals surface area (Å²) in [5, 5.41) is 8.50. The molecule has 0 bridgehead atoms. The van der Waals surface area contributed by atoms with E-state index in [1.165, 1.54) is 4.88 Å². The van der Waals surface area contributed by atoms with Gasteiger partial charge in [0.25, 0.3) is 5.91 Å². The van der Waals surface area contributed by atoms with Crippen LogP contribution in [0.2, 0.25) is 0 Å². The lowest BCUT2D eigenvalue weighted by molar-refractivity contribution is 0.0927. The molecule has 1 saturated heterocycles. The Bertz CT molecular complexity index is 584. The Labute approximate surface area is 129 Å². The number of hydrogen-bond acceptors (Lipinski definition) is 3. The SMILES string of the molecule is C[C@@H](NC(=O)c1cccn1C1CCNCC1)c1cccs1. The minimum Gasteiger partial charge on any atom is -0.343 e. The van der Waals surface area contributed by atoms with Crippen molar-refractivity contribution in [2.24, 2.45) is 0 Å². The fraction of sp³-hybridized carbons (Fsp3) is 0.438. The molecule has 0 spiro atoms. The van der Waals surface area contributed by atoms with Crippen LogP contribution in [-0.2, 0) is 0 Å². The molecule has 2 aromatic heterocycles. The molecule has 3 heterocycles. The number of piperidine rings is 1. The van der Waals surface area contributed by atoms with Gasteiger partial charge in [0.2, 0.25) is 0 Å². The molecular weight excluding hydrogens is 282 g/mol. The first-order chi connectivity index (χ1) is 10.3. The van der Waals surface area contributed by atoms with Crippen molar-refractivity contribution in [2.45, 2.75) is 31.8 Å². The van der Waals surface area contributed by atoms with Crippen LogP contribution in [0.1, 0.15) is 47.2 Å². The molecule has 1 aliphatic rings. The zero-order chi connectivity index (χ0) is 14.7. The molecule has 1 aliphatic heterocycles. The third kappa shape index (κ3) is 3.19. The molecule has 3 rings (SSSR count). The van der Waals surface area contributed by atoms with Crippen molar-refractivity contribution in [1.82, 2.24) is 15.2 Å². The third-order valence-electron chi connectivity index (χ3n) is 4.03. The van der Waals surface area contributed by atoms with Crippen LogP contribution in [0.3, 0.4) is 0 Å². The van der Waals surface area contributed by atoms with Crippen LogP contribution < -0.4 is 10.6 Å². The maximum atomic E-state index is 12.5. The molecular formula is C16H21N3OS. The summed E-state index contributed by atoms with van der Waals surface area (Å²) in [6.45, 7) is 4.08. The van der Waals surface area contributed by atoms with Gasteiger partial charge in [-0.3, -0.25) is 4.79 Å². The average molecular weight is 303 g/mol. The van der Waals surface area contributed by atoms with E-state index in [-0.39, 0.29) is 11.9 Å². The Hall–Kier alpha value is -1.59. The zero-order valence-electron chi connectivity index (χ0n) is 12.2. The van der Waals surface area contributed by atoms with Crippen molar-refractivity contribution in [3.05, 3.63) is 46.4 Å². The highest BCUT2D eigenvalue weighted by Gasteiger charge is 2.21. The number of carbonyl (C=O) groups is 1. The Balaban J connectivity index is 1.71. The van der Waals surface area contributed by atoms with Gasteiger partial charge in [-0.05, 0) is 56.4 Å². The first kappa shape index (κ1) is 14.4. The van der Waals surface area contributed by atoms with Gasteiger partial charge >= 0.3 is 0 Å². The highest BCUT2D eigenvalue weighted by atomic mass is 32.1. The molecule has 0 unspecified atom stereocenters. The predicted molar refractivity (Wildman–Crippen MR) is 85.8 cm³/mol. The lowest BCUT2D eigenvalue weighted by Crippen LogP contribution is -2.33. The highest BCUT2D eigenvalue weighted by Crippen LogP contribution is 2.23. The summed E-state index contributed by atoms with van der Waals surface area (Å²) < 4.78 is 2.14.